The standard InChI is InChI=1S/C19H30FNO/c1-7-9-15(10-8-2)21(18(22)19(4,5)6)16-11-12-17(20)14(3)13-16/h11-13,15H,7-10H2,1-6H3. The van der Waals surface area contributed by atoms with Gasteiger partial charge in [0.1, 0.15) is 5.82 Å². The van der Waals surface area contributed by atoms with Gasteiger partial charge in [-0.15, -0.1) is 0 Å². The maximum Gasteiger partial charge on any atom is 0.232 e. The monoisotopic (exact) mass is 307 g/mol. The van der Waals surface area contributed by atoms with Crippen LogP contribution in [-0.2, 0) is 4.79 Å². The normalized spacial score (nSPS) is 11.8. The van der Waals surface area contributed by atoms with Crippen LogP contribution in [0.4, 0.5) is 10.1 Å². The fourth-order valence-corrected chi connectivity index (χ4v) is 2.70. The third kappa shape index (κ3) is 4.56. The summed E-state index contributed by atoms with van der Waals surface area (Å²) < 4.78 is 13.6. The number of carbonyl (C=O) groups is 1. The molecular formula is C19H30FNO. The summed E-state index contributed by atoms with van der Waals surface area (Å²) in [4.78, 5) is 14.9. The van der Waals surface area contributed by atoms with E-state index < -0.39 is 5.41 Å². The highest BCUT2D eigenvalue weighted by molar-refractivity contribution is 5.97. The summed E-state index contributed by atoms with van der Waals surface area (Å²) in [5.74, 6) is -0.125. The van der Waals surface area contributed by atoms with Crippen LogP contribution in [0, 0.1) is 18.2 Å². The molecule has 0 unspecified atom stereocenters. The van der Waals surface area contributed by atoms with Gasteiger partial charge in [-0.2, -0.15) is 0 Å². The van der Waals surface area contributed by atoms with Crippen molar-refractivity contribution in [1.29, 1.82) is 0 Å². The Bertz CT molecular complexity index is 499. The second kappa shape index (κ2) is 7.75. The third-order valence-corrected chi connectivity index (χ3v) is 3.89. The summed E-state index contributed by atoms with van der Waals surface area (Å²) in [6.07, 6.45) is 3.98. The largest absolute Gasteiger partial charge is 0.309 e. The molecule has 124 valence electrons. The molecule has 1 amide bonds. The van der Waals surface area contributed by atoms with Crippen LogP contribution in [0.15, 0.2) is 18.2 Å². The van der Waals surface area contributed by atoms with Crippen LogP contribution in [0.25, 0.3) is 0 Å². The molecule has 0 heterocycles. The third-order valence-electron chi connectivity index (χ3n) is 3.89. The van der Waals surface area contributed by atoms with E-state index in [0.717, 1.165) is 31.4 Å². The number of halogens is 1. The van der Waals surface area contributed by atoms with Gasteiger partial charge in [-0.25, -0.2) is 4.39 Å². The van der Waals surface area contributed by atoms with E-state index in [-0.39, 0.29) is 17.8 Å². The van der Waals surface area contributed by atoms with Crippen molar-refractivity contribution in [3.05, 3.63) is 29.6 Å². The van der Waals surface area contributed by atoms with Crippen molar-refractivity contribution >= 4 is 11.6 Å². The van der Waals surface area contributed by atoms with Gasteiger partial charge in [0.2, 0.25) is 5.91 Å². The highest BCUT2D eigenvalue weighted by Crippen LogP contribution is 2.29. The second-order valence-corrected chi connectivity index (χ2v) is 7.09. The maximum atomic E-state index is 13.6. The summed E-state index contributed by atoms with van der Waals surface area (Å²) in [6.45, 7) is 11.8. The number of anilines is 1. The Morgan fingerprint density at radius 1 is 1.18 bits per heavy atom. The van der Waals surface area contributed by atoms with E-state index in [1.807, 2.05) is 25.7 Å². The second-order valence-electron chi connectivity index (χ2n) is 7.09. The number of benzene rings is 1. The lowest BCUT2D eigenvalue weighted by Gasteiger charge is -2.36. The predicted octanol–water partition coefficient (Wildman–Crippen LogP) is 5.48. The molecule has 0 bridgehead atoms. The van der Waals surface area contributed by atoms with E-state index in [0.29, 0.717) is 5.56 Å². The van der Waals surface area contributed by atoms with Crippen molar-refractivity contribution in [2.75, 3.05) is 4.90 Å². The lowest BCUT2D eigenvalue weighted by molar-refractivity contribution is -0.126. The molecule has 0 spiro atoms. The van der Waals surface area contributed by atoms with Crippen LogP contribution < -0.4 is 4.90 Å². The fraction of sp³-hybridized carbons (Fsp3) is 0.632. The van der Waals surface area contributed by atoms with E-state index in [1.165, 1.54) is 6.07 Å². The van der Waals surface area contributed by atoms with Crippen LogP contribution in [0.1, 0.15) is 65.9 Å². The summed E-state index contributed by atoms with van der Waals surface area (Å²) in [5, 5.41) is 0. The molecule has 0 saturated carbocycles. The van der Waals surface area contributed by atoms with E-state index in [2.05, 4.69) is 13.8 Å². The molecule has 2 nitrogen and oxygen atoms in total. The predicted molar refractivity (Wildman–Crippen MR) is 91.7 cm³/mol. The SMILES string of the molecule is CCCC(CCC)N(C(=O)C(C)(C)C)c1ccc(F)c(C)c1. The van der Waals surface area contributed by atoms with Crippen molar-refractivity contribution in [2.45, 2.75) is 73.3 Å². The first-order valence-electron chi connectivity index (χ1n) is 8.32. The van der Waals surface area contributed by atoms with Gasteiger partial charge in [0.25, 0.3) is 0 Å². The molecule has 0 fully saturated rings. The maximum absolute atomic E-state index is 13.6. The Labute approximate surface area is 134 Å². The van der Waals surface area contributed by atoms with Gasteiger partial charge >= 0.3 is 0 Å². The van der Waals surface area contributed by atoms with Gasteiger partial charge in [0.05, 0.1) is 0 Å². The number of carbonyl (C=O) groups excluding carboxylic acids is 1. The van der Waals surface area contributed by atoms with Crippen molar-refractivity contribution in [3.63, 3.8) is 0 Å². The van der Waals surface area contributed by atoms with Gasteiger partial charge in [0, 0.05) is 17.1 Å². The highest BCUT2D eigenvalue weighted by atomic mass is 19.1. The first-order valence-corrected chi connectivity index (χ1v) is 8.32. The Balaban J connectivity index is 3.30. The van der Waals surface area contributed by atoms with E-state index in [4.69, 9.17) is 0 Å². The van der Waals surface area contributed by atoms with E-state index in [9.17, 15) is 9.18 Å². The smallest absolute Gasteiger partial charge is 0.232 e. The minimum absolute atomic E-state index is 0.102. The summed E-state index contributed by atoms with van der Waals surface area (Å²) in [7, 11) is 0. The van der Waals surface area contributed by atoms with Crippen molar-refractivity contribution in [2.24, 2.45) is 5.41 Å². The van der Waals surface area contributed by atoms with Crippen LogP contribution in [0.5, 0.6) is 0 Å². The first-order chi connectivity index (χ1) is 10.2. The van der Waals surface area contributed by atoms with Crippen molar-refractivity contribution in [1.82, 2.24) is 0 Å². The molecular weight excluding hydrogens is 277 g/mol. The molecule has 0 aliphatic rings. The Kier molecular flexibility index (Phi) is 6.58. The average Bonchev–Trinajstić information content (AvgIpc) is 2.42. The topological polar surface area (TPSA) is 20.3 Å². The molecule has 1 aromatic carbocycles. The summed E-state index contributed by atoms with van der Waals surface area (Å²) in [6, 6.07) is 5.15. The number of amides is 1. The van der Waals surface area contributed by atoms with Crippen LogP contribution in [-0.4, -0.2) is 11.9 Å². The molecule has 0 N–H and O–H groups in total. The highest BCUT2D eigenvalue weighted by Gasteiger charge is 2.32. The first kappa shape index (κ1) is 18.7. The molecule has 0 atom stereocenters. The number of hydrogen-bond donors (Lipinski definition) is 0. The van der Waals surface area contributed by atoms with Crippen molar-refractivity contribution < 1.29 is 9.18 Å². The molecule has 0 saturated heterocycles. The Hall–Kier alpha value is -1.38. The molecule has 0 radical (unpaired) electrons. The summed E-state index contributed by atoms with van der Waals surface area (Å²) >= 11 is 0. The zero-order valence-electron chi connectivity index (χ0n) is 14.9. The lowest BCUT2D eigenvalue weighted by atomic mass is 9.91. The molecule has 1 aromatic rings. The molecule has 0 aliphatic carbocycles. The minimum atomic E-state index is -0.456. The minimum Gasteiger partial charge on any atom is -0.309 e. The summed E-state index contributed by atoms with van der Waals surface area (Å²) in [5.41, 5.74) is 0.934. The van der Waals surface area contributed by atoms with Gasteiger partial charge in [-0.3, -0.25) is 4.79 Å². The average molecular weight is 307 g/mol. The van der Waals surface area contributed by atoms with Crippen LogP contribution in [0.3, 0.4) is 0 Å². The molecule has 0 aromatic heterocycles. The Morgan fingerprint density at radius 2 is 1.73 bits per heavy atom. The molecule has 0 aliphatic heterocycles. The number of aryl methyl sites for hydroxylation is 1. The van der Waals surface area contributed by atoms with Gasteiger partial charge in [-0.05, 0) is 43.5 Å². The Morgan fingerprint density at radius 3 is 2.14 bits per heavy atom. The number of nitrogens with zero attached hydrogens (tertiary/aromatic N) is 1. The van der Waals surface area contributed by atoms with Gasteiger partial charge in [0.15, 0.2) is 0 Å². The number of hydrogen-bond acceptors (Lipinski definition) is 1. The van der Waals surface area contributed by atoms with E-state index in [1.54, 1.807) is 19.1 Å². The quantitative estimate of drug-likeness (QED) is 0.681. The van der Waals surface area contributed by atoms with Gasteiger partial charge < -0.3 is 4.90 Å². The van der Waals surface area contributed by atoms with Crippen LogP contribution in [0.2, 0.25) is 0 Å². The molecule has 3 heteroatoms. The van der Waals surface area contributed by atoms with Crippen molar-refractivity contribution in [3.8, 4) is 0 Å². The molecule has 22 heavy (non-hydrogen) atoms. The number of rotatable bonds is 6. The zero-order chi connectivity index (χ0) is 16.9. The van der Waals surface area contributed by atoms with E-state index >= 15 is 0 Å². The van der Waals surface area contributed by atoms with Gasteiger partial charge in [-0.1, -0.05) is 47.5 Å². The lowest BCUT2D eigenvalue weighted by Crippen LogP contribution is -2.46. The zero-order valence-corrected chi connectivity index (χ0v) is 14.9. The molecule has 1 rings (SSSR count). The van der Waals surface area contributed by atoms with Crippen LogP contribution >= 0.6 is 0 Å². The fourth-order valence-electron chi connectivity index (χ4n) is 2.70.